The second kappa shape index (κ2) is 6.87. The highest BCUT2D eigenvalue weighted by Gasteiger charge is 2.33. The summed E-state index contributed by atoms with van der Waals surface area (Å²) in [5.74, 6) is -1.11. The third kappa shape index (κ3) is 3.22. The molecule has 0 bridgehead atoms. The minimum atomic E-state index is -0.582. The SMILES string of the molecule is CC1=NN(c2ccccc2)C(=O)C1/C=N\NC(=O)c1ccccc1. The highest BCUT2D eigenvalue weighted by Crippen LogP contribution is 2.22. The van der Waals surface area contributed by atoms with E-state index in [4.69, 9.17) is 0 Å². The highest BCUT2D eigenvalue weighted by molar-refractivity contribution is 6.23. The molecule has 1 aliphatic rings. The Labute approximate surface area is 139 Å². The van der Waals surface area contributed by atoms with E-state index < -0.39 is 5.92 Å². The number of nitrogens with one attached hydrogen (secondary N) is 1. The van der Waals surface area contributed by atoms with E-state index in [1.54, 1.807) is 31.2 Å². The molecule has 0 aromatic heterocycles. The van der Waals surface area contributed by atoms with E-state index in [2.05, 4.69) is 15.6 Å². The molecule has 3 rings (SSSR count). The van der Waals surface area contributed by atoms with Gasteiger partial charge in [0.25, 0.3) is 11.8 Å². The van der Waals surface area contributed by atoms with Crippen LogP contribution in [0, 0.1) is 5.92 Å². The lowest BCUT2D eigenvalue weighted by atomic mass is 10.1. The molecule has 0 aliphatic carbocycles. The third-order valence-electron chi connectivity index (χ3n) is 3.61. The molecule has 2 aromatic carbocycles. The van der Waals surface area contributed by atoms with Crippen molar-refractivity contribution in [1.29, 1.82) is 0 Å². The highest BCUT2D eigenvalue weighted by atomic mass is 16.2. The van der Waals surface area contributed by atoms with Gasteiger partial charge in [-0.05, 0) is 31.2 Å². The lowest BCUT2D eigenvalue weighted by Crippen LogP contribution is -2.29. The Balaban J connectivity index is 1.67. The number of amides is 2. The van der Waals surface area contributed by atoms with Gasteiger partial charge in [-0.3, -0.25) is 9.59 Å². The largest absolute Gasteiger partial charge is 0.271 e. The number of carbonyl (C=O) groups excluding carboxylic acids is 2. The van der Waals surface area contributed by atoms with Gasteiger partial charge in [0.05, 0.1) is 11.4 Å². The van der Waals surface area contributed by atoms with Gasteiger partial charge in [-0.15, -0.1) is 0 Å². The molecule has 0 fully saturated rings. The number of hydrogen-bond donors (Lipinski definition) is 1. The Bertz CT molecular complexity index is 800. The van der Waals surface area contributed by atoms with Crippen molar-refractivity contribution in [1.82, 2.24) is 5.43 Å². The predicted molar refractivity (Wildman–Crippen MR) is 92.9 cm³/mol. The summed E-state index contributed by atoms with van der Waals surface area (Å²) >= 11 is 0. The Morgan fingerprint density at radius 3 is 2.42 bits per heavy atom. The number of hydrogen-bond acceptors (Lipinski definition) is 4. The zero-order valence-corrected chi connectivity index (χ0v) is 13.1. The molecule has 24 heavy (non-hydrogen) atoms. The first kappa shape index (κ1) is 15.6. The third-order valence-corrected chi connectivity index (χ3v) is 3.61. The molecule has 0 spiro atoms. The number of para-hydroxylation sites is 1. The summed E-state index contributed by atoms with van der Waals surface area (Å²) in [7, 11) is 0. The Morgan fingerprint density at radius 2 is 1.75 bits per heavy atom. The van der Waals surface area contributed by atoms with E-state index in [9.17, 15) is 9.59 Å². The van der Waals surface area contributed by atoms with Crippen LogP contribution in [0.5, 0.6) is 0 Å². The number of hydrazone groups is 2. The molecule has 1 N–H and O–H groups in total. The van der Waals surface area contributed by atoms with Crippen molar-refractivity contribution < 1.29 is 9.59 Å². The summed E-state index contributed by atoms with van der Waals surface area (Å²) in [5.41, 5.74) is 4.26. The van der Waals surface area contributed by atoms with Crippen LogP contribution in [-0.2, 0) is 4.79 Å². The molecule has 6 nitrogen and oxygen atoms in total. The van der Waals surface area contributed by atoms with Gasteiger partial charge in [0.1, 0.15) is 5.92 Å². The van der Waals surface area contributed by atoms with E-state index in [0.717, 1.165) is 0 Å². The molecule has 2 amide bonds. The van der Waals surface area contributed by atoms with Crippen LogP contribution in [0.4, 0.5) is 5.69 Å². The van der Waals surface area contributed by atoms with E-state index in [1.807, 2.05) is 36.4 Å². The molecule has 0 saturated carbocycles. The van der Waals surface area contributed by atoms with Gasteiger partial charge in [-0.25, -0.2) is 5.43 Å². The van der Waals surface area contributed by atoms with Crippen LogP contribution >= 0.6 is 0 Å². The number of carbonyl (C=O) groups is 2. The van der Waals surface area contributed by atoms with Crippen molar-refractivity contribution in [2.45, 2.75) is 6.92 Å². The molecule has 120 valence electrons. The van der Waals surface area contributed by atoms with Gasteiger partial charge in [-0.2, -0.15) is 15.2 Å². The van der Waals surface area contributed by atoms with Crippen LogP contribution in [0.2, 0.25) is 0 Å². The Hall–Kier alpha value is -3.28. The van der Waals surface area contributed by atoms with Gasteiger partial charge in [0.2, 0.25) is 0 Å². The van der Waals surface area contributed by atoms with Crippen molar-refractivity contribution in [3.63, 3.8) is 0 Å². The summed E-state index contributed by atoms with van der Waals surface area (Å²) in [6.07, 6.45) is 1.41. The molecule has 1 atom stereocenters. The first-order chi connectivity index (χ1) is 11.7. The number of anilines is 1. The van der Waals surface area contributed by atoms with Crippen molar-refractivity contribution in [2.75, 3.05) is 5.01 Å². The van der Waals surface area contributed by atoms with Crippen LogP contribution in [0.3, 0.4) is 0 Å². The molecular weight excluding hydrogens is 304 g/mol. The minimum absolute atomic E-state index is 0.198. The molecule has 1 unspecified atom stereocenters. The zero-order valence-electron chi connectivity index (χ0n) is 13.1. The molecule has 1 heterocycles. The van der Waals surface area contributed by atoms with E-state index in [0.29, 0.717) is 17.0 Å². The lowest BCUT2D eigenvalue weighted by Gasteiger charge is -2.12. The van der Waals surface area contributed by atoms with Gasteiger partial charge in [0.15, 0.2) is 0 Å². The fraction of sp³-hybridized carbons (Fsp3) is 0.111. The first-order valence-electron chi connectivity index (χ1n) is 7.49. The van der Waals surface area contributed by atoms with Crippen molar-refractivity contribution in [3.05, 3.63) is 66.2 Å². The molecule has 1 aliphatic heterocycles. The maximum Gasteiger partial charge on any atom is 0.271 e. The predicted octanol–water partition coefficient (Wildman–Crippen LogP) is 2.44. The van der Waals surface area contributed by atoms with Crippen molar-refractivity contribution in [2.24, 2.45) is 16.1 Å². The Morgan fingerprint density at radius 1 is 1.12 bits per heavy atom. The fourth-order valence-electron chi connectivity index (χ4n) is 2.33. The molecule has 6 heteroatoms. The summed E-state index contributed by atoms with van der Waals surface area (Å²) in [6, 6.07) is 17.9. The van der Waals surface area contributed by atoms with Gasteiger partial charge >= 0.3 is 0 Å². The van der Waals surface area contributed by atoms with Gasteiger partial charge < -0.3 is 0 Å². The molecule has 2 aromatic rings. The van der Waals surface area contributed by atoms with Crippen LogP contribution in [-0.4, -0.2) is 23.7 Å². The molecular formula is C18H16N4O2. The van der Waals surface area contributed by atoms with E-state index >= 15 is 0 Å². The summed E-state index contributed by atoms with van der Waals surface area (Å²) < 4.78 is 0. The van der Waals surface area contributed by atoms with Gasteiger partial charge in [0, 0.05) is 11.8 Å². The van der Waals surface area contributed by atoms with Crippen LogP contribution < -0.4 is 10.4 Å². The van der Waals surface area contributed by atoms with Gasteiger partial charge in [-0.1, -0.05) is 36.4 Å². The number of rotatable bonds is 4. The van der Waals surface area contributed by atoms with Crippen molar-refractivity contribution >= 4 is 29.4 Å². The second-order valence-electron chi connectivity index (χ2n) is 5.29. The number of benzene rings is 2. The zero-order chi connectivity index (χ0) is 16.9. The average Bonchev–Trinajstić information content (AvgIpc) is 2.91. The Kier molecular flexibility index (Phi) is 4.47. The average molecular weight is 320 g/mol. The normalized spacial score (nSPS) is 17.2. The fourth-order valence-corrected chi connectivity index (χ4v) is 2.33. The van der Waals surface area contributed by atoms with Crippen LogP contribution in [0.15, 0.2) is 70.9 Å². The maximum atomic E-state index is 12.5. The summed E-state index contributed by atoms with van der Waals surface area (Å²) in [5, 5.41) is 9.53. The van der Waals surface area contributed by atoms with Crippen LogP contribution in [0.1, 0.15) is 17.3 Å². The smallest absolute Gasteiger partial charge is 0.271 e. The molecule has 0 radical (unpaired) electrons. The van der Waals surface area contributed by atoms with E-state index in [1.165, 1.54) is 11.2 Å². The minimum Gasteiger partial charge on any atom is -0.271 e. The standard InChI is InChI=1S/C18H16N4O2/c1-13-16(12-19-20-17(23)14-8-4-2-5-9-14)18(24)22(21-13)15-10-6-3-7-11-15/h2-12,16H,1H3,(H,20,23)/b19-12-. The van der Waals surface area contributed by atoms with Crippen molar-refractivity contribution in [3.8, 4) is 0 Å². The summed E-state index contributed by atoms with van der Waals surface area (Å²) in [6.45, 7) is 1.76. The quantitative estimate of drug-likeness (QED) is 0.694. The second-order valence-corrected chi connectivity index (χ2v) is 5.29. The maximum absolute atomic E-state index is 12.5. The topological polar surface area (TPSA) is 74.1 Å². The first-order valence-corrected chi connectivity index (χ1v) is 7.49. The van der Waals surface area contributed by atoms with E-state index in [-0.39, 0.29) is 11.8 Å². The lowest BCUT2D eigenvalue weighted by molar-refractivity contribution is -0.118. The van der Waals surface area contributed by atoms with Crippen LogP contribution in [0.25, 0.3) is 0 Å². The number of nitrogens with zero attached hydrogens (tertiary/aromatic N) is 3. The monoisotopic (exact) mass is 320 g/mol. The molecule has 0 saturated heterocycles. The summed E-state index contributed by atoms with van der Waals surface area (Å²) in [4.78, 5) is 24.4.